The first kappa shape index (κ1) is 11.6. The third kappa shape index (κ3) is 1.78. The summed E-state index contributed by atoms with van der Waals surface area (Å²) >= 11 is 12.2. The summed E-state index contributed by atoms with van der Waals surface area (Å²) in [5.74, 6) is 0. The number of aromatic nitrogens is 2. The van der Waals surface area contributed by atoms with Gasteiger partial charge in [0.1, 0.15) is 5.69 Å². The van der Waals surface area contributed by atoms with Crippen molar-refractivity contribution in [3.63, 3.8) is 0 Å². The quantitative estimate of drug-likeness (QED) is 0.677. The first-order chi connectivity index (χ1) is 8.66. The lowest BCUT2D eigenvalue weighted by atomic mass is 10.1. The number of fused-ring (bicyclic) bond motifs is 1. The number of benzene rings is 1. The van der Waals surface area contributed by atoms with E-state index < -0.39 is 0 Å². The summed E-state index contributed by atoms with van der Waals surface area (Å²) in [6.45, 7) is 2.04. The van der Waals surface area contributed by atoms with Gasteiger partial charge in [-0.25, -0.2) is 0 Å². The standard InChI is InChI=1S/C14H10Cl2N2/c1-8-10-7-9(15)4-5-12(10)18-13(8)14-11(16)3-2-6-17-14/h2-7,18H,1H3. The number of pyridine rings is 1. The molecule has 2 nitrogen and oxygen atoms in total. The molecule has 0 saturated carbocycles. The smallest absolute Gasteiger partial charge is 0.105 e. The topological polar surface area (TPSA) is 28.7 Å². The van der Waals surface area contributed by atoms with Gasteiger partial charge >= 0.3 is 0 Å². The van der Waals surface area contributed by atoms with Crippen LogP contribution in [0.4, 0.5) is 0 Å². The molecule has 1 N–H and O–H groups in total. The van der Waals surface area contributed by atoms with E-state index in [1.165, 1.54) is 0 Å². The highest BCUT2D eigenvalue weighted by molar-refractivity contribution is 6.33. The number of hydrogen-bond acceptors (Lipinski definition) is 1. The number of aromatic amines is 1. The van der Waals surface area contributed by atoms with Crippen LogP contribution in [-0.4, -0.2) is 9.97 Å². The van der Waals surface area contributed by atoms with Gasteiger partial charge in [-0.3, -0.25) is 4.98 Å². The zero-order valence-corrected chi connectivity index (χ0v) is 11.2. The lowest BCUT2D eigenvalue weighted by Gasteiger charge is -2.01. The van der Waals surface area contributed by atoms with E-state index in [4.69, 9.17) is 23.2 Å². The summed E-state index contributed by atoms with van der Waals surface area (Å²) in [4.78, 5) is 7.67. The minimum absolute atomic E-state index is 0.637. The van der Waals surface area contributed by atoms with Gasteiger partial charge in [0.05, 0.1) is 10.7 Å². The van der Waals surface area contributed by atoms with E-state index in [0.29, 0.717) is 5.02 Å². The lowest BCUT2D eigenvalue weighted by Crippen LogP contribution is -1.86. The van der Waals surface area contributed by atoms with Crippen molar-refractivity contribution in [2.24, 2.45) is 0 Å². The Morgan fingerprint density at radius 3 is 2.78 bits per heavy atom. The molecule has 0 aliphatic heterocycles. The Bertz CT molecular complexity index is 732. The van der Waals surface area contributed by atoms with Crippen LogP contribution in [0, 0.1) is 6.92 Å². The van der Waals surface area contributed by atoms with E-state index in [-0.39, 0.29) is 0 Å². The maximum absolute atomic E-state index is 6.18. The third-order valence-corrected chi connectivity index (χ3v) is 3.56. The monoisotopic (exact) mass is 276 g/mol. The number of rotatable bonds is 1. The Hall–Kier alpha value is -1.51. The maximum atomic E-state index is 6.18. The van der Waals surface area contributed by atoms with Crippen molar-refractivity contribution in [1.29, 1.82) is 0 Å². The van der Waals surface area contributed by atoms with Crippen LogP contribution in [0.5, 0.6) is 0 Å². The molecule has 3 aromatic rings. The number of aryl methyl sites for hydroxylation is 1. The molecular weight excluding hydrogens is 267 g/mol. The van der Waals surface area contributed by atoms with E-state index in [0.717, 1.165) is 32.9 Å². The van der Waals surface area contributed by atoms with Gasteiger partial charge in [-0.2, -0.15) is 0 Å². The second kappa shape index (κ2) is 4.30. The fourth-order valence-corrected chi connectivity index (χ4v) is 2.49. The lowest BCUT2D eigenvalue weighted by molar-refractivity contribution is 1.28. The normalized spacial score (nSPS) is 11.1. The Balaban J connectivity index is 2.31. The summed E-state index contributed by atoms with van der Waals surface area (Å²) in [5, 5.41) is 2.46. The number of halogens is 2. The number of hydrogen-bond donors (Lipinski definition) is 1. The summed E-state index contributed by atoms with van der Waals surface area (Å²) in [6.07, 6.45) is 1.74. The van der Waals surface area contributed by atoms with Crippen LogP contribution in [0.1, 0.15) is 5.56 Å². The Morgan fingerprint density at radius 2 is 2.00 bits per heavy atom. The summed E-state index contributed by atoms with van der Waals surface area (Å²) in [5.41, 5.74) is 3.85. The second-order valence-corrected chi connectivity index (χ2v) is 4.99. The molecule has 1 aromatic carbocycles. The molecule has 0 aliphatic carbocycles. The molecule has 2 heterocycles. The van der Waals surface area contributed by atoms with Crippen LogP contribution >= 0.6 is 23.2 Å². The van der Waals surface area contributed by atoms with Crippen LogP contribution in [0.2, 0.25) is 10.0 Å². The molecule has 4 heteroatoms. The van der Waals surface area contributed by atoms with Gasteiger partial charge < -0.3 is 4.98 Å². The molecule has 0 atom stereocenters. The van der Waals surface area contributed by atoms with Crippen molar-refractivity contribution < 1.29 is 0 Å². The van der Waals surface area contributed by atoms with Gasteiger partial charge in [-0.1, -0.05) is 23.2 Å². The summed E-state index contributed by atoms with van der Waals surface area (Å²) in [7, 11) is 0. The molecule has 0 fully saturated rings. The zero-order chi connectivity index (χ0) is 12.7. The summed E-state index contributed by atoms with van der Waals surface area (Å²) in [6, 6.07) is 9.43. The number of H-pyrrole nitrogens is 1. The highest BCUT2D eigenvalue weighted by atomic mass is 35.5. The van der Waals surface area contributed by atoms with E-state index >= 15 is 0 Å². The molecular formula is C14H10Cl2N2. The highest BCUT2D eigenvalue weighted by Gasteiger charge is 2.13. The highest BCUT2D eigenvalue weighted by Crippen LogP contribution is 2.33. The predicted molar refractivity (Wildman–Crippen MR) is 76.3 cm³/mol. The van der Waals surface area contributed by atoms with Crippen molar-refractivity contribution in [3.05, 3.63) is 52.1 Å². The SMILES string of the molecule is Cc1c(-c2ncccc2Cl)[nH]c2ccc(Cl)cc12. The molecule has 0 saturated heterocycles. The van der Waals surface area contributed by atoms with Crippen LogP contribution in [0.3, 0.4) is 0 Å². The first-order valence-corrected chi connectivity index (χ1v) is 6.31. The van der Waals surface area contributed by atoms with E-state index in [9.17, 15) is 0 Å². The van der Waals surface area contributed by atoms with Gasteiger partial charge in [0.2, 0.25) is 0 Å². The minimum Gasteiger partial charge on any atom is -0.353 e. The van der Waals surface area contributed by atoms with Crippen molar-refractivity contribution in [2.75, 3.05) is 0 Å². The molecule has 18 heavy (non-hydrogen) atoms. The average Bonchev–Trinajstić information content (AvgIpc) is 2.68. The first-order valence-electron chi connectivity index (χ1n) is 5.55. The van der Waals surface area contributed by atoms with Crippen LogP contribution < -0.4 is 0 Å². The van der Waals surface area contributed by atoms with E-state index in [1.807, 2.05) is 37.3 Å². The van der Waals surface area contributed by atoms with Crippen molar-refractivity contribution >= 4 is 34.1 Å². The molecule has 0 unspecified atom stereocenters. The van der Waals surface area contributed by atoms with Gasteiger partial charge in [0, 0.05) is 22.1 Å². The Labute approximate surface area is 115 Å². The van der Waals surface area contributed by atoms with Gasteiger partial charge in [-0.05, 0) is 42.8 Å². The molecule has 0 spiro atoms. The molecule has 0 aliphatic rings. The van der Waals surface area contributed by atoms with Crippen LogP contribution in [-0.2, 0) is 0 Å². The molecule has 90 valence electrons. The van der Waals surface area contributed by atoms with Gasteiger partial charge in [0.25, 0.3) is 0 Å². The largest absolute Gasteiger partial charge is 0.353 e. The maximum Gasteiger partial charge on any atom is 0.105 e. The fraction of sp³-hybridized carbons (Fsp3) is 0.0714. The van der Waals surface area contributed by atoms with E-state index in [2.05, 4.69) is 9.97 Å². The minimum atomic E-state index is 0.637. The molecule has 0 amide bonds. The van der Waals surface area contributed by atoms with Crippen molar-refractivity contribution in [2.45, 2.75) is 6.92 Å². The second-order valence-electron chi connectivity index (χ2n) is 4.15. The third-order valence-electron chi connectivity index (χ3n) is 3.02. The average molecular weight is 277 g/mol. The van der Waals surface area contributed by atoms with Gasteiger partial charge in [0.15, 0.2) is 0 Å². The molecule has 0 radical (unpaired) electrons. The van der Waals surface area contributed by atoms with Crippen molar-refractivity contribution in [3.8, 4) is 11.4 Å². The molecule has 3 rings (SSSR count). The number of nitrogens with zero attached hydrogens (tertiary/aromatic N) is 1. The van der Waals surface area contributed by atoms with Crippen LogP contribution in [0.25, 0.3) is 22.3 Å². The van der Waals surface area contributed by atoms with E-state index in [1.54, 1.807) is 6.20 Å². The molecule has 0 bridgehead atoms. The zero-order valence-electron chi connectivity index (χ0n) is 9.67. The summed E-state index contributed by atoms with van der Waals surface area (Å²) < 4.78 is 0. The number of nitrogens with one attached hydrogen (secondary N) is 1. The fourth-order valence-electron chi connectivity index (χ4n) is 2.11. The van der Waals surface area contributed by atoms with Crippen molar-refractivity contribution in [1.82, 2.24) is 9.97 Å². The van der Waals surface area contributed by atoms with Crippen LogP contribution in [0.15, 0.2) is 36.5 Å². The Morgan fingerprint density at radius 1 is 1.17 bits per heavy atom. The predicted octanol–water partition coefficient (Wildman–Crippen LogP) is 4.85. The molecule has 2 aromatic heterocycles. The van der Waals surface area contributed by atoms with Gasteiger partial charge in [-0.15, -0.1) is 0 Å². The Kier molecular flexibility index (Phi) is 2.77.